The lowest BCUT2D eigenvalue weighted by molar-refractivity contribution is 0.0555. The summed E-state index contributed by atoms with van der Waals surface area (Å²) >= 11 is 1.77. The predicted molar refractivity (Wildman–Crippen MR) is 77.0 cm³/mol. The van der Waals surface area contributed by atoms with Crippen LogP contribution in [0.2, 0.25) is 0 Å². The first-order valence-corrected chi connectivity index (χ1v) is 7.50. The number of nitrogens with zero attached hydrogens (tertiary/aromatic N) is 1. The largest absolute Gasteiger partial charge is 0.465 e. The van der Waals surface area contributed by atoms with Gasteiger partial charge >= 0.3 is 11.9 Å². The monoisotopic (exact) mass is 297 g/mol. The van der Waals surface area contributed by atoms with E-state index in [0.717, 1.165) is 11.4 Å². The van der Waals surface area contributed by atoms with Crippen LogP contribution >= 0.6 is 11.8 Å². The van der Waals surface area contributed by atoms with Crippen LogP contribution in [0, 0.1) is 12.8 Å². The van der Waals surface area contributed by atoms with E-state index in [1.807, 2.05) is 6.92 Å². The Bertz CT molecular complexity index is 562. The van der Waals surface area contributed by atoms with Crippen molar-refractivity contribution in [2.24, 2.45) is 5.92 Å². The molecular formula is C14H19NO4S. The van der Waals surface area contributed by atoms with Gasteiger partial charge in [0.05, 0.1) is 30.7 Å². The molecule has 20 heavy (non-hydrogen) atoms. The number of hydrogen-bond donors (Lipinski definition) is 0. The molecule has 0 radical (unpaired) electrons. The molecule has 1 atom stereocenters. The third-order valence-electron chi connectivity index (χ3n) is 3.55. The van der Waals surface area contributed by atoms with Crippen LogP contribution in [0.5, 0.6) is 0 Å². The van der Waals surface area contributed by atoms with Gasteiger partial charge in [-0.2, -0.15) is 0 Å². The molecule has 0 saturated carbocycles. The molecule has 2 heterocycles. The van der Waals surface area contributed by atoms with Crippen LogP contribution < -0.4 is 0 Å². The van der Waals surface area contributed by atoms with Crippen molar-refractivity contribution in [3.63, 3.8) is 0 Å². The lowest BCUT2D eigenvalue weighted by Gasteiger charge is -2.18. The first kappa shape index (κ1) is 15.0. The molecule has 110 valence electrons. The molecule has 1 aromatic heterocycles. The highest BCUT2D eigenvalue weighted by molar-refractivity contribution is 7.98. The van der Waals surface area contributed by atoms with Gasteiger partial charge in [0.1, 0.15) is 0 Å². The van der Waals surface area contributed by atoms with Crippen LogP contribution in [0.25, 0.3) is 0 Å². The van der Waals surface area contributed by atoms with E-state index in [4.69, 9.17) is 9.47 Å². The summed E-state index contributed by atoms with van der Waals surface area (Å²) in [5.41, 5.74) is 2.32. The number of aromatic nitrogens is 1. The van der Waals surface area contributed by atoms with Gasteiger partial charge in [0.25, 0.3) is 0 Å². The molecule has 2 rings (SSSR count). The molecule has 0 amide bonds. The highest BCUT2D eigenvalue weighted by Crippen LogP contribution is 2.45. The Labute approximate surface area is 122 Å². The molecule has 6 heteroatoms. The molecule has 0 N–H and O–H groups in total. The van der Waals surface area contributed by atoms with Gasteiger partial charge in [-0.25, -0.2) is 9.59 Å². The number of fused-ring (bicyclic) bond motifs is 1. The fourth-order valence-electron chi connectivity index (χ4n) is 2.66. The molecule has 0 fully saturated rings. The first-order chi connectivity index (χ1) is 9.43. The molecule has 0 aliphatic carbocycles. The summed E-state index contributed by atoms with van der Waals surface area (Å²) in [6.07, 6.45) is 0. The summed E-state index contributed by atoms with van der Waals surface area (Å²) in [6, 6.07) is 0. The number of methoxy groups -OCH3 is 2. The quantitative estimate of drug-likeness (QED) is 0.803. The zero-order chi connectivity index (χ0) is 15.0. The van der Waals surface area contributed by atoms with Crippen LogP contribution in [0.1, 0.15) is 51.3 Å². The third kappa shape index (κ3) is 2.12. The summed E-state index contributed by atoms with van der Waals surface area (Å²) in [4.78, 5) is 24.1. The Morgan fingerprint density at radius 1 is 1.20 bits per heavy atom. The number of rotatable bonds is 3. The minimum absolute atomic E-state index is 0.229. The van der Waals surface area contributed by atoms with E-state index >= 15 is 0 Å². The molecule has 1 aliphatic rings. The molecule has 1 aromatic rings. The number of carbonyl (C=O) groups is 2. The molecule has 0 spiro atoms. The molecule has 0 aromatic carbocycles. The lowest BCUT2D eigenvalue weighted by atomic mass is 10.1. The van der Waals surface area contributed by atoms with E-state index in [1.54, 1.807) is 11.8 Å². The van der Waals surface area contributed by atoms with Crippen molar-refractivity contribution < 1.29 is 19.1 Å². The topological polar surface area (TPSA) is 57.5 Å². The smallest absolute Gasteiger partial charge is 0.340 e. The van der Waals surface area contributed by atoms with Crippen molar-refractivity contribution in [3.8, 4) is 0 Å². The maximum atomic E-state index is 12.1. The van der Waals surface area contributed by atoms with Crippen molar-refractivity contribution >= 4 is 23.7 Å². The number of esters is 2. The second-order valence-corrected chi connectivity index (χ2v) is 6.19. The summed E-state index contributed by atoms with van der Waals surface area (Å²) in [5.74, 6) is 0.137. The third-order valence-corrected chi connectivity index (χ3v) is 5.08. The number of ether oxygens (including phenoxy) is 2. The Hall–Kier alpha value is -1.43. The summed E-state index contributed by atoms with van der Waals surface area (Å²) in [7, 11) is 2.64. The average Bonchev–Trinajstić information content (AvgIpc) is 2.96. The second-order valence-electron chi connectivity index (χ2n) is 5.08. The minimum atomic E-state index is -0.489. The van der Waals surface area contributed by atoms with E-state index in [1.165, 1.54) is 14.2 Å². The first-order valence-electron chi connectivity index (χ1n) is 6.45. The predicted octanol–water partition coefficient (Wildman–Crippen LogP) is 2.77. The molecule has 5 nitrogen and oxygen atoms in total. The van der Waals surface area contributed by atoms with Crippen LogP contribution in [-0.4, -0.2) is 30.7 Å². The van der Waals surface area contributed by atoms with E-state index < -0.39 is 11.9 Å². The molecule has 0 saturated heterocycles. The number of thioether (sulfide) groups is 1. The van der Waals surface area contributed by atoms with Crippen molar-refractivity contribution in [1.82, 2.24) is 4.57 Å². The Kier molecular flexibility index (Phi) is 4.13. The fourth-order valence-corrected chi connectivity index (χ4v) is 4.09. The molecule has 1 aliphatic heterocycles. The average molecular weight is 297 g/mol. The standard InChI is InChI=1S/C14H19NO4S/c1-7(2)12-15-8(3)10(13(16)18-4)11(14(17)19-5)9(15)6-20-12/h7,12H,6H2,1-5H3/t12-/m1/s1. The van der Waals surface area contributed by atoms with Crippen molar-refractivity contribution in [2.45, 2.75) is 31.9 Å². The minimum Gasteiger partial charge on any atom is -0.465 e. The zero-order valence-corrected chi connectivity index (χ0v) is 13.2. The van der Waals surface area contributed by atoms with Gasteiger partial charge in [-0.1, -0.05) is 13.8 Å². The summed E-state index contributed by atoms with van der Waals surface area (Å²) in [6.45, 7) is 6.10. The van der Waals surface area contributed by atoms with Crippen molar-refractivity contribution in [1.29, 1.82) is 0 Å². The number of carbonyl (C=O) groups excluding carboxylic acids is 2. The highest BCUT2D eigenvalue weighted by Gasteiger charge is 2.37. The SMILES string of the molecule is COC(=O)c1c(C(=O)OC)c2n(c1C)[C@@H](C(C)C)SC2. The Balaban J connectivity index is 2.68. The molecule has 0 unspecified atom stereocenters. The van der Waals surface area contributed by atoms with Gasteiger partial charge in [0.15, 0.2) is 0 Å². The Morgan fingerprint density at radius 3 is 2.25 bits per heavy atom. The van der Waals surface area contributed by atoms with Crippen molar-refractivity contribution in [3.05, 3.63) is 22.5 Å². The van der Waals surface area contributed by atoms with E-state index in [0.29, 0.717) is 22.8 Å². The van der Waals surface area contributed by atoms with E-state index in [9.17, 15) is 9.59 Å². The molecule has 0 bridgehead atoms. The van der Waals surface area contributed by atoms with Crippen LogP contribution in [-0.2, 0) is 15.2 Å². The van der Waals surface area contributed by atoms with Crippen LogP contribution in [0.4, 0.5) is 0 Å². The lowest BCUT2D eigenvalue weighted by Crippen LogP contribution is -2.12. The van der Waals surface area contributed by atoms with Gasteiger partial charge in [-0.3, -0.25) is 0 Å². The van der Waals surface area contributed by atoms with Gasteiger partial charge in [-0.15, -0.1) is 11.8 Å². The maximum Gasteiger partial charge on any atom is 0.340 e. The zero-order valence-electron chi connectivity index (χ0n) is 12.4. The van der Waals surface area contributed by atoms with Gasteiger partial charge in [0, 0.05) is 17.1 Å². The normalized spacial score (nSPS) is 17.2. The Morgan fingerprint density at radius 2 is 1.75 bits per heavy atom. The van der Waals surface area contributed by atoms with Gasteiger partial charge in [-0.05, 0) is 12.8 Å². The highest BCUT2D eigenvalue weighted by atomic mass is 32.2. The van der Waals surface area contributed by atoms with Crippen molar-refractivity contribution in [2.75, 3.05) is 14.2 Å². The van der Waals surface area contributed by atoms with Crippen LogP contribution in [0.3, 0.4) is 0 Å². The molecular weight excluding hydrogens is 278 g/mol. The van der Waals surface area contributed by atoms with E-state index in [2.05, 4.69) is 18.4 Å². The summed E-state index contributed by atoms with van der Waals surface area (Å²) < 4.78 is 11.7. The summed E-state index contributed by atoms with van der Waals surface area (Å²) in [5, 5.41) is 0.229. The van der Waals surface area contributed by atoms with Gasteiger partial charge < -0.3 is 14.0 Å². The fraction of sp³-hybridized carbons (Fsp3) is 0.571. The second kappa shape index (κ2) is 5.52. The maximum absolute atomic E-state index is 12.1. The van der Waals surface area contributed by atoms with Gasteiger partial charge in [0.2, 0.25) is 0 Å². The van der Waals surface area contributed by atoms with Crippen LogP contribution in [0.15, 0.2) is 0 Å². The van der Waals surface area contributed by atoms with E-state index in [-0.39, 0.29) is 5.37 Å². The number of hydrogen-bond acceptors (Lipinski definition) is 5.